The number of thioether (sulfide) groups is 1. The molecule has 0 saturated carbocycles. The van der Waals surface area contributed by atoms with Crippen LogP contribution in [0.3, 0.4) is 0 Å². The molecule has 0 fully saturated rings. The minimum absolute atomic E-state index is 0.614. The van der Waals surface area contributed by atoms with Gasteiger partial charge in [-0.05, 0) is 23.8 Å². The third kappa shape index (κ3) is 5.57. The van der Waals surface area contributed by atoms with Crippen LogP contribution >= 0.6 is 11.8 Å². The van der Waals surface area contributed by atoms with Crippen molar-refractivity contribution in [3.05, 3.63) is 35.4 Å². The average molecular weight is 253 g/mol. The minimum Gasteiger partial charge on any atom is -0.380 e. The molecule has 0 amide bonds. The molecule has 1 aromatic rings. The predicted octanol–water partition coefficient (Wildman–Crippen LogP) is 3.06. The van der Waals surface area contributed by atoms with Crippen molar-refractivity contribution in [3.8, 4) is 0 Å². The molecule has 1 atom stereocenters. The molecule has 0 bridgehead atoms. The van der Waals surface area contributed by atoms with Crippen LogP contribution in [0, 0.1) is 0 Å². The van der Waals surface area contributed by atoms with Crippen LogP contribution < -0.4 is 5.32 Å². The molecule has 3 heteroatoms. The standard InChI is InChI=1S/C14H23NOS/c1-4-14(11-17-3)15-9-12-5-7-13(8-6-12)10-16-2/h5-8,14-15H,4,9-11H2,1-3H3. The molecule has 2 nitrogen and oxygen atoms in total. The highest BCUT2D eigenvalue weighted by atomic mass is 32.2. The summed E-state index contributed by atoms with van der Waals surface area (Å²) in [5.74, 6) is 1.18. The van der Waals surface area contributed by atoms with E-state index in [1.54, 1.807) is 7.11 Å². The maximum atomic E-state index is 5.10. The van der Waals surface area contributed by atoms with Crippen molar-refractivity contribution in [2.24, 2.45) is 0 Å². The highest BCUT2D eigenvalue weighted by molar-refractivity contribution is 7.98. The van der Waals surface area contributed by atoms with E-state index >= 15 is 0 Å². The smallest absolute Gasteiger partial charge is 0.0713 e. The van der Waals surface area contributed by atoms with Gasteiger partial charge in [0.05, 0.1) is 6.61 Å². The van der Waals surface area contributed by atoms with Crippen molar-refractivity contribution in [1.29, 1.82) is 0 Å². The van der Waals surface area contributed by atoms with Gasteiger partial charge in [0.1, 0.15) is 0 Å². The van der Waals surface area contributed by atoms with Gasteiger partial charge in [0.2, 0.25) is 0 Å². The van der Waals surface area contributed by atoms with Gasteiger partial charge in [0.15, 0.2) is 0 Å². The summed E-state index contributed by atoms with van der Waals surface area (Å²) in [5.41, 5.74) is 2.57. The molecule has 1 N–H and O–H groups in total. The lowest BCUT2D eigenvalue weighted by Gasteiger charge is -2.15. The fraction of sp³-hybridized carbons (Fsp3) is 0.571. The Labute approximate surface area is 109 Å². The summed E-state index contributed by atoms with van der Waals surface area (Å²) in [6.07, 6.45) is 3.34. The number of methoxy groups -OCH3 is 1. The van der Waals surface area contributed by atoms with E-state index in [0.717, 1.165) is 6.54 Å². The van der Waals surface area contributed by atoms with E-state index in [0.29, 0.717) is 12.6 Å². The first kappa shape index (κ1) is 14.6. The Morgan fingerprint density at radius 1 is 1.24 bits per heavy atom. The topological polar surface area (TPSA) is 21.3 Å². The van der Waals surface area contributed by atoms with Crippen molar-refractivity contribution in [3.63, 3.8) is 0 Å². The van der Waals surface area contributed by atoms with Crippen LogP contribution in [-0.2, 0) is 17.9 Å². The van der Waals surface area contributed by atoms with Crippen LogP contribution in [0.25, 0.3) is 0 Å². The monoisotopic (exact) mass is 253 g/mol. The molecular weight excluding hydrogens is 230 g/mol. The molecule has 96 valence electrons. The Hall–Kier alpha value is -0.510. The molecule has 0 heterocycles. The largest absolute Gasteiger partial charge is 0.380 e. The van der Waals surface area contributed by atoms with Crippen molar-refractivity contribution in [1.82, 2.24) is 5.32 Å². The first-order valence-electron chi connectivity index (χ1n) is 6.09. The zero-order chi connectivity index (χ0) is 12.5. The molecule has 0 aromatic heterocycles. The van der Waals surface area contributed by atoms with Gasteiger partial charge in [-0.3, -0.25) is 0 Å². The van der Waals surface area contributed by atoms with Gasteiger partial charge in [-0.1, -0.05) is 31.2 Å². The Morgan fingerprint density at radius 2 is 1.88 bits per heavy atom. The van der Waals surface area contributed by atoms with Crippen LogP contribution in [0.1, 0.15) is 24.5 Å². The first-order chi connectivity index (χ1) is 8.30. The van der Waals surface area contributed by atoms with Gasteiger partial charge >= 0.3 is 0 Å². The lowest BCUT2D eigenvalue weighted by molar-refractivity contribution is 0.185. The van der Waals surface area contributed by atoms with Crippen molar-refractivity contribution in [2.75, 3.05) is 19.1 Å². The summed E-state index contributed by atoms with van der Waals surface area (Å²) in [6, 6.07) is 9.23. The maximum absolute atomic E-state index is 5.10. The number of hydrogen-bond donors (Lipinski definition) is 1. The van der Waals surface area contributed by atoms with Crippen LogP contribution in [0.4, 0.5) is 0 Å². The molecule has 0 saturated heterocycles. The SMILES string of the molecule is CCC(CSC)NCc1ccc(COC)cc1. The summed E-state index contributed by atoms with van der Waals surface area (Å²) in [4.78, 5) is 0. The molecule has 1 aromatic carbocycles. The van der Waals surface area contributed by atoms with Crippen LogP contribution in [0.5, 0.6) is 0 Å². The van der Waals surface area contributed by atoms with E-state index in [2.05, 4.69) is 42.8 Å². The third-order valence-electron chi connectivity index (χ3n) is 2.79. The number of benzene rings is 1. The second-order valence-electron chi connectivity index (χ2n) is 4.19. The molecule has 17 heavy (non-hydrogen) atoms. The van der Waals surface area contributed by atoms with Crippen LogP contribution in [0.15, 0.2) is 24.3 Å². The minimum atomic E-state index is 0.614. The lowest BCUT2D eigenvalue weighted by Crippen LogP contribution is -2.30. The number of ether oxygens (including phenoxy) is 1. The highest BCUT2D eigenvalue weighted by Crippen LogP contribution is 2.07. The Kier molecular flexibility index (Phi) is 7.33. The Balaban J connectivity index is 2.40. The van der Waals surface area contributed by atoms with Gasteiger partial charge in [-0.15, -0.1) is 0 Å². The number of hydrogen-bond acceptors (Lipinski definition) is 3. The summed E-state index contributed by atoms with van der Waals surface area (Å²) in [5, 5.41) is 3.59. The van der Waals surface area contributed by atoms with Crippen molar-refractivity contribution in [2.45, 2.75) is 32.5 Å². The summed E-state index contributed by atoms with van der Waals surface area (Å²) < 4.78 is 5.10. The molecule has 1 rings (SSSR count). The highest BCUT2D eigenvalue weighted by Gasteiger charge is 2.04. The third-order valence-corrected chi connectivity index (χ3v) is 3.53. The van der Waals surface area contributed by atoms with E-state index in [9.17, 15) is 0 Å². The molecule has 0 spiro atoms. The number of rotatable bonds is 8. The maximum Gasteiger partial charge on any atom is 0.0713 e. The molecule has 0 aliphatic rings. The molecule has 0 radical (unpaired) electrons. The zero-order valence-electron chi connectivity index (χ0n) is 11.0. The zero-order valence-corrected chi connectivity index (χ0v) is 11.8. The Bertz CT molecular complexity index is 300. The van der Waals surface area contributed by atoms with E-state index in [-0.39, 0.29) is 0 Å². The van der Waals surface area contributed by atoms with Gasteiger partial charge in [0.25, 0.3) is 0 Å². The van der Waals surface area contributed by atoms with Gasteiger partial charge in [-0.2, -0.15) is 11.8 Å². The first-order valence-corrected chi connectivity index (χ1v) is 7.48. The van der Waals surface area contributed by atoms with E-state index in [1.165, 1.54) is 23.3 Å². The molecule has 1 unspecified atom stereocenters. The molecule has 0 aliphatic heterocycles. The van der Waals surface area contributed by atoms with E-state index < -0.39 is 0 Å². The van der Waals surface area contributed by atoms with Gasteiger partial charge in [0, 0.05) is 25.4 Å². The predicted molar refractivity (Wildman–Crippen MR) is 76.5 cm³/mol. The fourth-order valence-corrected chi connectivity index (χ4v) is 2.46. The normalized spacial score (nSPS) is 12.6. The summed E-state index contributed by atoms with van der Waals surface area (Å²) in [7, 11) is 1.73. The second-order valence-corrected chi connectivity index (χ2v) is 5.10. The lowest BCUT2D eigenvalue weighted by atomic mass is 10.1. The summed E-state index contributed by atoms with van der Waals surface area (Å²) >= 11 is 1.90. The van der Waals surface area contributed by atoms with Gasteiger partial charge in [-0.25, -0.2) is 0 Å². The number of nitrogens with one attached hydrogen (secondary N) is 1. The van der Waals surface area contributed by atoms with E-state index in [1.807, 2.05) is 11.8 Å². The van der Waals surface area contributed by atoms with Crippen LogP contribution in [-0.4, -0.2) is 25.2 Å². The van der Waals surface area contributed by atoms with Crippen LogP contribution in [0.2, 0.25) is 0 Å². The average Bonchev–Trinajstić information content (AvgIpc) is 2.36. The van der Waals surface area contributed by atoms with E-state index in [4.69, 9.17) is 4.74 Å². The fourth-order valence-electron chi connectivity index (χ4n) is 1.70. The molecule has 0 aliphatic carbocycles. The summed E-state index contributed by atoms with van der Waals surface area (Å²) in [6.45, 7) is 3.87. The van der Waals surface area contributed by atoms with Gasteiger partial charge < -0.3 is 10.1 Å². The van der Waals surface area contributed by atoms with Crippen molar-refractivity contribution >= 4 is 11.8 Å². The van der Waals surface area contributed by atoms with Crippen molar-refractivity contribution < 1.29 is 4.74 Å². The quantitative estimate of drug-likeness (QED) is 0.769. The second kappa shape index (κ2) is 8.56. The molecular formula is C14H23NOS. The Morgan fingerprint density at radius 3 is 2.41 bits per heavy atom.